The molecule has 3 saturated heterocycles. The minimum absolute atomic E-state index is 0.0805. The van der Waals surface area contributed by atoms with Crippen LogP contribution in [0.3, 0.4) is 0 Å². The minimum atomic E-state index is -0.803. The van der Waals surface area contributed by atoms with Crippen molar-refractivity contribution in [2.45, 2.75) is 90.9 Å². The van der Waals surface area contributed by atoms with Crippen molar-refractivity contribution in [1.29, 1.82) is 0 Å². The lowest BCUT2D eigenvalue weighted by molar-refractivity contribution is -0.154. The fourth-order valence-electron chi connectivity index (χ4n) is 6.15. The summed E-state index contributed by atoms with van der Waals surface area (Å²) >= 11 is 1.00. The maximum atomic E-state index is 13.7. The van der Waals surface area contributed by atoms with Crippen molar-refractivity contribution < 1.29 is 28.7 Å². The van der Waals surface area contributed by atoms with Gasteiger partial charge in [0.05, 0.1) is 11.0 Å². The zero-order valence-electron chi connectivity index (χ0n) is 23.3. The maximum absolute atomic E-state index is 13.7. The molecule has 0 bridgehead atoms. The highest BCUT2D eigenvalue weighted by Crippen LogP contribution is 2.47. The number of hydrogen-bond acceptors (Lipinski definition) is 8. The first-order chi connectivity index (χ1) is 17.6. The van der Waals surface area contributed by atoms with E-state index in [9.17, 15) is 19.2 Å². The fraction of sp³-hybridized carbons (Fsp3) is 0.704. The van der Waals surface area contributed by atoms with E-state index in [1.807, 2.05) is 13.8 Å². The molecule has 0 aromatic carbocycles. The van der Waals surface area contributed by atoms with E-state index in [-0.39, 0.29) is 33.4 Å². The maximum Gasteiger partial charge on any atom is 0.349 e. The third-order valence-corrected chi connectivity index (χ3v) is 8.81. The second-order valence-corrected chi connectivity index (χ2v) is 13.5. The van der Waals surface area contributed by atoms with Crippen molar-refractivity contribution in [3.8, 4) is 0 Å². The Morgan fingerprint density at radius 3 is 2.37 bits per heavy atom. The van der Waals surface area contributed by atoms with Crippen LogP contribution in [0.2, 0.25) is 0 Å². The molecule has 1 aromatic heterocycles. The Morgan fingerprint density at radius 1 is 1.16 bits per heavy atom. The summed E-state index contributed by atoms with van der Waals surface area (Å²) in [6.07, 6.45) is 4.10. The number of likely N-dealkylation sites (tertiary alicyclic amines) is 2. The number of esters is 2. The number of ether oxygens (including phenoxy) is 2. The Bertz CT molecular complexity index is 1130. The minimum Gasteiger partial charge on any atom is -0.459 e. The van der Waals surface area contributed by atoms with Gasteiger partial charge >= 0.3 is 18.0 Å². The number of amides is 3. The van der Waals surface area contributed by atoms with E-state index in [1.54, 1.807) is 32.6 Å². The van der Waals surface area contributed by atoms with Gasteiger partial charge in [0, 0.05) is 32.1 Å². The molecular weight excluding hydrogens is 508 g/mol. The van der Waals surface area contributed by atoms with Gasteiger partial charge in [-0.25, -0.2) is 9.59 Å². The molecule has 210 valence electrons. The summed E-state index contributed by atoms with van der Waals surface area (Å²) in [6, 6.07) is -0.528. The summed E-state index contributed by atoms with van der Waals surface area (Å²) in [4.78, 5) is 55.4. The average molecular weight is 549 g/mol. The largest absolute Gasteiger partial charge is 0.459 e. The lowest BCUT2D eigenvalue weighted by Gasteiger charge is -2.44. The van der Waals surface area contributed by atoms with E-state index in [1.165, 1.54) is 0 Å². The van der Waals surface area contributed by atoms with E-state index in [4.69, 9.17) is 15.2 Å². The van der Waals surface area contributed by atoms with Crippen molar-refractivity contribution in [2.24, 2.45) is 11.1 Å². The summed E-state index contributed by atoms with van der Waals surface area (Å²) < 4.78 is 11.2. The Kier molecular flexibility index (Phi) is 7.57. The molecule has 1 unspecified atom stereocenters. The lowest BCUT2D eigenvalue weighted by atomic mass is 9.74. The van der Waals surface area contributed by atoms with Gasteiger partial charge in [0.1, 0.15) is 21.1 Å². The van der Waals surface area contributed by atoms with E-state index in [0.717, 1.165) is 50.0 Å². The fourth-order valence-corrected chi connectivity index (χ4v) is 7.23. The second-order valence-electron chi connectivity index (χ2n) is 12.5. The first kappa shape index (κ1) is 28.4. The summed E-state index contributed by atoms with van der Waals surface area (Å²) in [5.74, 6) is -0.868. The summed E-state index contributed by atoms with van der Waals surface area (Å²) in [5, 5.41) is 2.77. The molecule has 0 aliphatic carbocycles. The van der Waals surface area contributed by atoms with Gasteiger partial charge < -0.3 is 20.1 Å². The number of cyclic esters (lactones) is 1. The molecule has 3 aliphatic rings. The standard InChI is InChI=1S/C27H40N4O6S/c1-16-18(20(29-24(28)35)38-19(16)22(33)36-25(2,3)4)21(32)30-12-8-17(9-13-30)31-11-7-10-27(15-31)14-26(5,6)37-23(27)34/h17H,7-15H2,1-6H3,(H3,28,29,35). The molecule has 3 N–H and O–H groups in total. The molecular formula is C27H40N4O6S. The van der Waals surface area contributed by atoms with Crippen LogP contribution in [-0.4, -0.2) is 77.1 Å². The molecule has 1 spiro atoms. The van der Waals surface area contributed by atoms with Crippen LogP contribution >= 0.6 is 11.3 Å². The normalized spacial score (nSPS) is 24.4. The molecule has 10 nitrogen and oxygen atoms in total. The number of piperidine rings is 2. The van der Waals surface area contributed by atoms with Crippen LogP contribution in [0.25, 0.3) is 0 Å². The number of nitrogens with zero attached hydrogens (tertiary/aromatic N) is 2. The Hall–Kier alpha value is -2.66. The molecule has 1 atom stereocenters. The molecule has 3 aliphatic heterocycles. The molecule has 11 heteroatoms. The zero-order valence-corrected chi connectivity index (χ0v) is 24.1. The Balaban J connectivity index is 1.46. The topological polar surface area (TPSA) is 131 Å². The van der Waals surface area contributed by atoms with Gasteiger partial charge in [-0.2, -0.15) is 0 Å². The highest BCUT2D eigenvalue weighted by atomic mass is 32.1. The van der Waals surface area contributed by atoms with Crippen LogP contribution in [0.1, 0.15) is 92.3 Å². The van der Waals surface area contributed by atoms with Crippen molar-refractivity contribution in [3.63, 3.8) is 0 Å². The molecule has 1 aromatic rings. The van der Waals surface area contributed by atoms with Crippen molar-refractivity contribution in [3.05, 3.63) is 16.0 Å². The van der Waals surface area contributed by atoms with Gasteiger partial charge in [0.25, 0.3) is 5.91 Å². The third-order valence-electron chi connectivity index (χ3n) is 7.62. The molecule has 4 rings (SSSR count). The molecule has 3 amide bonds. The number of hydrogen-bond donors (Lipinski definition) is 2. The van der Waals surface area contributed by atoms with Crippen LogP contribution in [0.15, 0.2) is 0 Å². The quantitative estimate of drug-likeness (QED) is 0.545. The molecule has 3 fully saturated rings. The molecule has 0 radical (unpaired) electrons. The number of nitrogens with one attached hydrogen (secondary N) is 1. The summed E-state index contributed by atoms with van der Waals surface area (Å²) in [6.45, 7) is 13.7. The SMILES string of the molecule is Cc1c(C(=O)OC(C)(C)C)sc(NC(N)=O)c1C(=O)N1CCC(N2CCCC3(C2)CC(C)(C)OC3=O)CC1. The monoisotopic (exact) mass is 548 g/mol. The van der Waals surface area contributed by atoms with E-state index >= 15 is 0 Å². The summed E-state index contributed by atoms with van der Waals surface area (Å²) in [5.41, 5.74) is 4.55. The van der Waals surface area contributed by atoms with Gasteiger partial charge in [-0.1, -0.05) is 0 Å². The van der Waals surface area contributed by atoms with Crippen LogP contribution in [-0.2, 0) is 14.3 Å². The van der Waals surface area contributed by atoms with Gasteiger partial charge in [-0.3, -0.25) is 19.8 Å². The third kappa shape index (κ3) is 5.83. The van der Waals surface area contributed by atoms with Gasteiger partial charge in [0.2, 0.25) is 0 Å². The number of anilines is 1. The van der Waals surface area contributed by atoms with Gasteiger partial charge in [-0.15, -0.1) is 11.3 Å². The highest BCUT2D eigenvalue weighted by molar-refractivity contribution is 7.18. The number of carbonyl (C=O) groups is 4. The number of rotatable bonds is 4. The predicted molar refractivity (Wildman–Crippen MR) is 144 cm³/mol. The lowest BCUT2D eigenvalue weighted by Crippen LogP contribution is -2.53. The molecule has 38 heavy (non-hydrogen) atoms. The summed E-state index contributed by atoms with van der Waals surface area (Å²) in [7, 11) is 0. The van der Waals surface area contributed by atoms with Crippen LogP contribution in [0.5, 0.6) is 0 Å². The first-order valence-electron chi connectivity index (χ1n) is 13.3. The predicted octanol–water partition coefficient (Wildman–Crippen LogP) is 3.91. The van der Waals surface area contributed by atoms with Crippen molar-refractivity contribution >= 4 is 40.2 Å². The average Bonchev–Trinajstić information content (AvgIpc) is 3.23. The van der Waals surface area contributed by atoms with E-state index < -0.39 is 28.6 Å². The highest BCUT2D eigenvalue weighted by Gasteiger charge is 2.54. The zero-order chi connectivity index (χ0) is 28.0. The van der Waals surface area contributed by atoms with E-state index in [0.29, 0.717) is 25.2 Å². The van der Waals surface area contributed by atoms with Crippen LogP contribution in [0, 0.1) is 12.3 Å². The molecule has 4 heterocycles. The number of nitrogens with two attached hydrogens (primary N) is 1. The molecule has 0 saturated carbocycles. The number of primary amides is 1. The number of urea groups is 1. The second kappa shape index (κ2) is 10.1. The van der Waals surface area contributed by atoms with Crippen molar-refractivity contribution in [2.75, 3.05) is 31.5 Å². The van der Waals surface area contributed by atoms with Crippen molar-refractivity contribution in [1.82, 2.24) is 9.80 Å². The van der Waals surface area contributed by atoms with E-state index in [2.05, 4.69) is 10.2 Å². The Labute approximate surface area is 228 Å². The van der Waals surface area contributed by atoms with Gasteiger partial charge in [0.15, 0.2) is 0 Å². The number of thiophene rings is 1. The Morgan fingerprint density at radius 2 is 1.82 bits per heavy atom. The smallest absolute Gasteiger partial charge is 0.349 e. The van der Waals surface area contributed by atoms with Gasteiger partial charge in [-0.05, 0) is 79.3 Å². The first-order valence-corrected chi connectivity index (χ1v) is 14.1. The van der Waals surface area contributed by atoms with Crippen LogP contribution in [0.4, 0.5) is 9.80 Å². The van der Waals surface area contributed by atoms with Crippen LogP contribution < -0.4 is 11.1 Å². The number of carbonyl (C=O) groups excluding carboxylic acids is 4.